The van der Waals surface area contributed by atoms with E-state index in [-0.39, 0.29) is 23.8 Å². The summed E-state index contributed by atoms with van der Waals surface area (Å²) < 4.78 is 13.3. The third-order valence-corrected chi connectivity index (χ3v) is 4.25. The van der Waals surface area contributed by atoms with Crippen molar-refractivity contribution >= 4 is 16.9 Å². The summed E-state index contributed by atoms with van der Waals surface area (Å²) in [5.74, 6) is 0.478. The van der Waals surface area contributed by atoms with E-state index in [1.165, 1.54) is 12.1 Å². The molecule has 0 bridgehead atoms. The fourth-order valence-corrected chi connectivity index (χ4v) is 3.17. The highest BCUT2D eigenvalue weighted by Crippen LogP contribution is 2.32. The van der Waals surface area contributed by atoms with Crippen LogP contribution in [0.15, 0.2) is 18.2 Å². The van der Waals surface area contributed by atoms with Crippen LogP contribution in [0, 0.1) is 5.82 Å². The molecule has 4 rings (SSSR count). The highest BCUT2D eigenvalue weighted by molar-refractivity contribution is 5.83. The number of aromatic amines is 1. The molecular formula is C14H17FN6O. The van der Waals surface area contributed by atoms with Crippen molar-refractivity contribution in [2.45, 2.75) is 24.9 Å². The molecule has 2 unspecified atom stereocenters. The van der Waals surface area contributed by atoms with Crippen LogP contribution in [0.5, 0.6) is 0 Å². The van der Waals surface area contributed by atoms with Gasteiger partial charge in [0.25, 0.3) is 0 Å². The number of hydrogen-bond donors (Lipinski definition) is 4. The molecule has 7 nitrogen and oxygen atoms in total. The third kappa shape index (κ3) is 2.25. The van der Waals surface area contributed by atoms with Crippen LogP contribution in [0.4, 0.5) is 4.39 Å². The van der Waals surface area contributed by atoms with E-state index >= 15 is 0 Å². The average molecular weight is 304 g/mol. The SMILES string of the molecule is O=C(C1CNNN1)N1CCCC1c1nc2ccc(F)cc2[nH]1. The zero-order valence-corrected chi connectivity index (χ0v) is 11.9. The molecule has 0 radical (unpaired) electrons. The van der Waals surface area contributed by atoms with Crippen molar-refractivity contribution in [2.75, 3.05) is 13.1 Å². The molecule has 1 aromatic heterocycles. The number of aromatic nitrogens is 2. The number of H-pyrrole nitrogens is 1. The molecule has 2 aliphatic rings. The van der Waals surface area contributed by atoms with E-state index in [1.807, 2.05) is 4.90 Å². The number of rotatable bonds is 2. The summed E-state index contributed by atoms with van der Waals surface area (Å²) in [7, 11) is 0. The molecule has 2 aliphatic heterocycles. The summed E-state index contributed by atoms with van der Waals surface area (Å²) in [4.78, 5) is 22.1. The van der Waals surface area contributed by atoms with Gasteiger partial charge in [-0.25, -0.2) is 20.2 Å². The number of nitrogens with one attached hydrogen (secondary N) is 4. The van der Waals surface area contributed by atoms with Crippen LogP contribution in [0.3, 0.4) is 0 Å². The summed E-state index contributed by atoms with van der Waals surface area (Å²) >= 11 is 0. The van der Waals surface area contributed by atoms with Crippen molar-refractivity contribution in [3.8, 4) is 0 Å². The molecular weight excluding hydrogens is 287 g/mol. The van der Waals surface area contributed by atoms with Crippen LogP contribution in [0.2, 0.25) is 0 Å². The Morgan fingerprint density at radius 1 is 1.41 bits per heavy atom. The Labute approximate surface area is 126 Å². The van der Waals surface area contributed by atoms with Gasteiger partial charge in [0.05, 0.1) is 17.1 Å². The van der Waals surface area contributed by atoms with Gasteiger partial charge in [-0.05, 0) is 31.0 Å². The Kier molecular flexibility index (Phi) is 3.29. The molecule has 2 saturated heterocycles. The minimum atomic E-state index is -0.297. The van der Waals surface area contributed by atoms with E-state index in [0.717, 1.165) is 24.2 Å². The number of fused-ring (bicyclic) bond motifs is 1. The monoisotopic (exact) mass is 304 g/mol. The van der Waals surface area contributed by atoms with Gasteiger partial charge in [-0.15, -0.1) is 0 Å². The van der Waals surface area contributed by atoms with Crippen LogP contribution < -0.4 is 16.4 Å². The molecule has 0 aliphatic carbocycles. The molecule has 1 amide bonds. The van der Waals surface area contributed by atoms with Crippen molar-refractivity contribution in [3.63, 3.8) is 0 Å². The first kappa shape index (κ1) is 13.6. The number of likely N-dealkylation sites (tertiary alicyclic amines) is 1. The second kappa shape index (κ2) is 5.31. The Bertz CT molecular complexity index is 710. The van der Waals surface area contributed by atoms with E-state index in [1.54, 1.807) is 6.07 Å². The Morgan fingerprint density at radius 3 is 3.14 bits per heavy atom. The first-order valence-electron chi connectivity index (χ1n) is 7.41. The van der Waals surface area contributed by atoms with E-state index < -0.39 is 0 Å². The van der Waals surface area contributed by atoms with Crippen molar-refractivity contribution in [1.29, 1.82) is 0 Å². The smallest absolute Gasteiger partial charge is 0.243 e. The van der Waals surface area contributed by atoms with Crippen molar-refractivity contribution in [1.82, 2.24) is 31.3 Å². The fraction of sp³-hybridized carbons (Fsp3) is 0.429. The van der Waals surface area contributed by atoms with Gasteiger partial charge in [0, 0.05) is 13.1 Å². The van der Waals surface area contributed by atoms with Gasteiger partial charge < -0.3 is 9.88 Å². The Balaban J connectivity index is 1.62. The van der Waals surface area contributed by atoms with Crippen LogP contribution in [-0.4, -0.2) is 39.9 Å². The molecule has 0 saturated carbocycles. The normalized spacial score (nSPS) is 25.2. The number of imidazole rings is 1. The van der Waals surface area contributed by atoms with Crippen molar-refractivity contribution in [3.05, 3.63) is 29.8 Å². The van der Waals surface area contributed by atoms with Crippen LogP contribution in [0.25, 0.3) is 11.0 Å². The predicted octanol–water partition coefficient (Wildman–Crippen LogP) is 0.347. The first-order valence-corrected chi connectivity index (χ1v) is 7.41. The fourth-order valence-electron chi connectivity index (χ4n) is 3.17. The zero-order valence-electron chi connectivity index (χ0n) is 11.9. The van der Waals surface area contributed by atoms with E-state index in [2.05, 4.69) is 26.4 Å². The van der Waals surface area contributed by atoms with Gasteiger partial charge in [0.15, 0.2) is 0 Å². The maximum Gasteiger partial charge on any atom is 0.243 e. The Morgan fingerprint density at radius 2 is 2.32 bits per heavy atom. The number of hydrogen-bond acceptors (Lipinski definition) is 5. The van der Waals surface area contributed by atoms with Crippen molar-refractivity contribution < 1.29 is 9.18 Å². The molecule has 116 valence electrons. The van der Waals surface area contributed by atoms with Gasteiger partial charge >= 0.3 is 0 Å². The lowest BCUT2D eigenvalue weighted by atomic mass is 10.2. The lowest BCUT2D eigenvalue weighted by Gasteiger charge is -2.25. The van der Waals surface area contributed by atoms with Crippen LogP contribution >= 0.6 is 0 Å². The van der Waals surface area contributed by atoms with Gasteiger partial charge in [-0.2, -0.15) is 5.53 Å². The third-order valence-electron chi connectivity index (χ3n) is 4.25. The molecule has 2 fully saturated rings. The van der Waals surface area contributed by atoms with Gasteiger partial charge in [-0.1, -0.05) is 0 Å². The summed E-state index contributed by atoms with van der Waals surface area (Å²) in [5, 5.41) is 0. The molecule has 1 aromatic carbocycles. The number of carbonyl (C=O) groups is 1. The predicted molar refractivity (Wildman–Crippen MR) is 77.8 cm³/mol. The zero-order chi connectivity index (χ0) is 15.1. The van der Waals surface area contributed by atoms with E-state index in [0.29, 0.717) is 18.6 Å². The standard InChI is InChI=1S/C14H17FN6O/c15-8-3-4-9-10(6-8)18-13(17-9)12-2-1-5-21(12)14(22)11-7-16-20-19-11/h3-4,6,11-12,16,19-20H,1-2,5,7H2,(H,17,18). The number of nitrogens with zero attached hydrogens (tertiary/aromatic N) is 2. The number of amides is 1. The number of hydrazine groups is 2. The lowest BCUT2D eigenvalue weighted by molar-refractivity contribution is -0.133. The maximum absolute atomic E-state index is 13.3. The number of carbonyl (C=O) groups excluding carboxylic acids is 1. The molecule has 0 spiro atoms. The Hall–Kier alpha value is -2.03. The molecule has 3 heterocycles. The largest absolute Gasteiger partial charge is 0.340 e. The van der Waals surface area contributed by atoms with Crippen LogP contribution in [-0.2, 0) is 4.79 Å². The minimum Gasteiger partial charge on any atom is -0.340 e. The lowest BCUT2D eigenvalue weighted by Crippen LogP contribution is -2.46. The van der Waals surface area contributed by atoms with Gasteiger partial charge in [0.1, 0.15) is 17.7 Å². The summed E-state index contributed by atoms with van der Waals surface area (Å²) in [6.07, 6.45) is 1.80. The molecule has 8 heteroatoms. The van der Waals surface area contributed by atoms with Crippen molar-refractivity contribution in [2.24, 2.45) is 0 Å². The molecule has 22 heavy (non-hydrogen) atoms. The topological polar surface area (TPSA) is 85.1 Å². The van der Waals surface area contributed by atoms with Gasteiger partial charge in [-0.3, -0.25) is 4.79 Å². The molecule has 4 N–H and O–H groups in total. The summed E-state index contributed by atoms with van der Waals surface area (Å²) in [5.41, 5.74) is 9.92. The maximum atomic E-state index is 13.3. The van der Waals surface area contributed by atoms with E-state index in [4.69, 9.17) is 0 Å². The van der Waals surface area contributed by atoms with Gasteiger partial charge in [0.2, 0.25) is 5.91 Å². The summed E-state index contributed by atoms with van der Waals surface area (Å²) in [6, 6.07) is 4.12. The second-order valence-electron chi connectivity index (χ2n) is 5.68. The highest BCUT2D eigenvalue weighted by Gasteiger charge is 2.36. The summed E-state index contributed by atoms with van der Waals surface area (Å²) in [6.45, 7) is 1.26. The second-order valence-corrected chi connectivity index (χ2v) is 5.68. The average Bonchev–Trinajstić information content (AvgIpc) is 3.24. The minimum absolute atomic E-state index is 0.0478. The first-order chi connectivity index (χ1) is 10.7. The van der Waals surface area contributed by atoms with E-state index in [9.17, 15) is 9.18 Å². The highest BCUT2D eigenvalue weighted by atomic mass is 19.1. The van der Waals surface area contributed by atoms with Crippen LogP contribution in [0.1, 0.15) is 24.7 Å². The quantitative estimate of drug-likeness (QED) is 0.643. The number of benzene rings is 1. The number of halogens is 1. The molecule has 2 aromatic rings. The molecule has 2 atom stereocenters.